The molecule has 0 spiro atoms. The van der Waals surface area contributed by atoms with Gasteiger partial charge in [-0.2, -0.15) is 0 Å². The Balaban J connectivity index is 1.89. The maximum atomic E-state index is 12.1. The van der Waals surface area contributed by atoms with Gasteiger partial charge in [0, 0.05) is 26.8 Å². The van der Waals surface area contributed by atoms with E-state index in [1.54, 1.807) is 35.4 Å². The summed E-state index contributed by atoms with van der Waals surface area (Å²) in [6, 6.07) is 7.36. The third-order valence-electron chi connectivity index (χ3n) is 2.93. The van der Waals surface area contributed by atoms with Gasteiger partial charge in [-0.3, -0.25) is 4.79 Å². The molecule has 0 aliphatic heterocycles. The molecule has 6 heteroatoms. The predicted molar refractivity (Wildman–Crippen MR) is 90.2 cm³/mol. The highest BCUT2D eigenvalue weighted by Crippen LogP contribution is 2.22. The normalized spacial score (nSPS) is 10.5. The number of ether oxygens (including phenoxy) is 1. The maximum Gasteiger partial charge on any atom is 0.260 e. The molecule has 3 nitrogen and oxygen atoms in total. The molecular formula is C15H15BrClNO2S. The molecule has 0 saturated carbocycles. The van der Waals surface area contributed by atoms with Crippen molar-refractivity contribution in [2.45, 2.75) is 13.5 Å². The van der Waals surface area contributed by atoms with Gasteiger partial charge in [0.1, 0.15) is 5.75 Å². The van der Waals surface area contributed by atoms with Crippen molar-refractivity contribution in [3.63, 3.8) is 0 Å². The van der Waals surface area contributed by atoms with Crippen LogP contribution in [0.2, 0.25) is 5.02 Å². The lowest BCUT2D eigenvalue weighted by Crippen LogP contribution is -2.30. The van der Waals surface area contributed by atoms with E-state index in [9.17, 15) is 4.79 Å². The van der Waals surface area contributed by atoms with Crippen molar-refractivity contribution < 1.29 is 9.53 Å². The van der Waals surface area contributed by atoms with Gasteiger partial charge < -0.3 is 9.64 Å². The van der Waals surface area contributed by atoms with Gasteiger partial charge in [0.2, 0.25) is 0 Å². The molecule has 0 bridgehead atoms. The first kappa shape index (κ1) is 16.3. The standard InChI is InChI=1S/C15H15BrClNO2S/c1-10-5-12(17)3-4-14(10)20-8-15(19)18(2)7-13-6-11(16)9-21-13/h3-6,9H,7-8H2,1-2H3. The minimum atomic E-state index is -0.0612. The van der Waals surface area contributed by atoms with Crippen LogP contribution in [0.4, 0.5) is 0 Å². The van der Waals surface area contributed by atoms with Gasteiger partial charge in [-0.05, 0) is 52.7 Å². The highest BCUT2D eigenvalue weighted by molar-refractivity contribution is 9.10. The van der Waals surface area contributed by atoms with Gasteiger partial charge in [-0.25, -0.2) is 0 Å². The minimum Gasteiger partial charge on any atom is -0.483 e. The fourth-order valence-electron chi connectivity index (χ4n) is 1.78. The van der Waals surface area contributed by atoms with Crippen LogP contribution < -0.4 is 4.74 Å². The minimum absolute atomic E-state index is 0.0194. The van der Waals surface area contributed by atoms with Gasteiger partial charge in [0.15, 0.2) is 6.61 Å². The Morgan fingerprint density at radius 1 is 1.43 bits per heavy atom. The summed E-state index contributed by atoms with van der Waals surface area (Å²) < 4.78 is 6.60. The summed E-state index contributed by atoms with van der Waals surface area (Å²) in [6.07, 6.45) is 0. The van der Waals surface area contributed by atoms with Crippen molar-refractivity contribution in [3.05, 3.63) is 49.6 Å². The number of aryl methyl sites for hydroxylation is 1. The van der Waals surface area contributed by atoms with E-state index in [0.29, 0.717) is 17.3 Å². The van der Waals surface area contributed by atoms with Crippen molar-refractivity contribution >= 4 is 44.8 Å². The van der Waals surface area contributed by atoms with Crippen LogP contribution in [-0.4, -0.2) is 24.5 Å². The molecule has 0 radical (unpaired) electrons. The van der Waals surface area contributed by atoms with Crippen LogP contribution in [0, 0.1) is 6.92 Å². The molecule has 1 heterocycles. The van der Waals surface area contributed by atoms with Crippen LogP contribution in [-0.2, 0) is 11.3 Å². The van der Waals surface area contributed by atoms with E-state index >= 15 is 0 Å². The molecule has 112 valence electrons. The highest BCUT2D eigenvalue weighted by Gasteiger charge is 2.12. The molecule has 0 aliphatic rings. The monoisotopic (exact) mass is 387 g/mol. The number of carbonyl (C=O) groups is 1. The summed E-state index contributed by atoms with van der Waals surface area (Å²) in [4.78, 5) is 14.9. The Kier molecular flexibility index (Phi) is 5.67. The zero-order valence-electron chi connectivity index (χ0n) is 11.7. The number of amides is 1. The number of rotatable bonds is 5. The topological polar surface area (TPSA) is 29.5 Å². The Morgan fingerprint density at radius 3 is 2.81 bits per heavy atom. The number of likely N-dealkylation sites (N-methyl/N-ethyl adjacent to an activating group) is 1. The SMILES string of the molecule is Cc1cc(Cl)ccc1OCC(=O)N(C)Cc1cc(Br)cs1. The van der Waals surface area contributed by atoms with Crippen LogP contribution in [0.3, 0.4) is 0 Å². The lowest BCUT2D eigenvalue weighted by Gasteiger charge is -2.17. The van der Waals surface area contributed by atoms with E-state index < -0.39 is 0 Å². The number of thiophene rings is 1. The van der Waals surface area contributed by atoms with Crippen LogP contribution in [0.5, 0.6) is 5.75 Å². The van der Waals surface area contributed by atoms with E-state index in [2.05, 4.69) is 15.9 Å². The average molecular weight is 389 g/mol. The van der Waals surface area contributed by atoms with Crippen molar-refractivity contribution in [3.8, 4) is 5.75 Å². The summed E-state index contributed by atoms with van der Waals surface area (Å²) in [6.45, 7) is 2.50. The molecule has 0 fully saturated rings. The number of hydrogen-bond donors (Lipinski definition) is 0. The second kappa shape index (κ2) is 7.29. The molecule has 0 N–H and O–H groups in total. The predicted octanol–water partition coefficient (Wildman–Crippen LogP) is 4.51. The Labute approximate surface area is 141 Å². The molecule has 1 aromatic carbocycles. The van der Waals surface area contributed by atoms with Crippen LogP contribution in [0.25, 0.3) is 0 Å². The van der Waals surface area contributed by atoms with E-state index in [0.717, 1.165) is 14.9 Å². The summed E-state index contributed by atoms with van der Waals surface area (Å²) >= 11 is 10.9. The molecule has 0 aliphatic carbocycles. The molecule has 1 amide bonds. The molecule has 0 saturated heterocycles. The number of carbonyl (C=O) groups excluding carboxylic acids is 1. The van der Waals surface area contributed by atoms with Crippen molar-refractivity contribution in [2.75, 3.05) is 13.7 Å². The second-order valence-corrected chi connectivity index (χ2v) is 7.03. The largest absolute Gasteiger partial charge is 0.483 e. The van der Waals surface area contributed by atoms with Gasteiger partial charge >= 0.3 is 0 Å². The summed E-state index contributed by atoms with van der Waals surface area (Å²) in [5.74, 6) is 0.619. The summed E-state index contributed by atoms with van der Waals surface area (Å²) in [7, 11) is 1.77. The molecule has 21 heavy (non-hydrogen) atoms. The average Bonchev–Trinajstić information content (AvgIpc) is 2.82. The number of benzene rings is 1. The Hall–Kier alpha value is -1.04. The highest BCUT2D eigenvalue weighted by atomic mass is 79.9. The third kappa shape index (κ3) is 4.73. The fourth-order valence-corrected chi connectivity index (χ4v) is 3.51. The zero-order chi connectivity index (χ0) is 15.4. The first-order valence-corrected chi connectivity index (χ1v) is 8.36. The molecule has 1 aromatic heterocycles. The van der Waals surface area contributed by atoms with E-state index in [1.165, 1.54) is 0 Å². The number of hydrogen-bond acceptors (Lipinski definition) is 3. The zero-order valence-corrected chi connectivity index (χ0v) is 14.9. The summed E-state index contributed by atoms with van der Waals surface area (Å²) in [5, 5.41) is 2.66. The molecule has 2 aromatic rings. The van der Waals surface area contributed by atoms with Crippen molar-refractivity contribution in [1.29, 1.82) is 0 Å². The molecule has 2 rings (SSSR count). The third-order valence-corrected chi connectivity index (χ3v) is 4.85. The molecule has 0 unspecified atom stereocenters. The lowest BCUT2D eigenvalue weighted by molar-refractivity contribution is -0.132. The number of nitrogens with zero attached hydrogens (tertiary/aromatic N) is 1. The van der Waals surface area contributed by atoms with E-state index in [4.69, 9.17) is 16.3 Å². The van der Waals surface area contributed by atoms with Crippen molar-refractivity contribution in [2.24, 2.45) is 0 Å². The first-order valence-electron chi connectivity index (χ1n) is 6.31. The molecular weight excluding hydrogens is 374 g/mol. The molecule has 0 atom stereocenters. The van der Waals surface area contributed by atoms with Gasteiger partial charge in [-0.15, -0.1) is 11.3 Å². The fraction of sp³-hybridized carbons (Fsp3) is 0.267. The first-order chi connectivity index (χ1) is 9.95. The smallest absolute Gasteiger partial charge is 0.260 e. The van der Waals surface area contributed by atoms with Gasteiger partial charge in [0.25, 0.3) is 5.91 Å². The van der Waals surface area contributed by atoms with Crippen molar-refractivity contribution in [1.82, 2.24) is 4.90 Å². The van der Waals surface area contributed by atoms with Crippen LogP contribution in [0.1, 0.15) is 10.4 Å². The van der Waals surface area contributed by atoms with E-state index in [-0.39, 0.29) is 12.5 Å². The van der Waals surface area contributed by atoms with Crippen LogP contribution >= 0.6 is 38.9 Å². The summed E-state index contributed by atoms with van der Waals surface area (Å²) in [5.41, 5.74) is 0.917. The lowest BCUT2D eigenvalue weighted by atomic mass is 10.2. The Bertz CT molecular complexity index is 644. The Morgan fingerprint density at radius 2 is 2.19 bits per heavy atom. The second-order valence-electron chi connectivity index (χ2n) is 4.68. The maximum absolute atomic E-state index is 12.1. The quantitative estimate of drug-likeness (QED) is 0.754. The van der Waals surface area contributed by atoms with E-state index in [1.807, 2.05) is 24.4 Å². The number of halogens is 2. The van der Waals surface area contributed by atoms with Gasteiger partial charge in [-0.1, -0.05) is 11.6 Å². The van der Waals surface area contributed by atoms with Crippen LogP contribution in [0.15, 0.2) is 34.1 Å². The van der Waals surface area contributed by atoms with Gasteiger partial charge in [0.05, 0.1) is 6.54 Å².